The summed E-state index contributed by atoms with van der Waals surface area (Å²) in [5, 5.41) is 2.59. The van der Waals surface area contributed by atoms with E-state index in [1.54, 1.807) is 13.0 Å². The lowest BCUT2D eigenvalue weighted by Crippen LogP contribution is -2.51. The molecule has 0 radical (unpaired) electrons. The van der Waals surface area contributed by atoms with E-state index in [0.29, 0.717) is 11.1 Å². The van der Waals surface area contributed by atoms with Crippen LogP contribution >= 0.6 is 0 Å². The zero-order chi connectivity index (χ0) is 22.6. The minimum atomic E-state index is -1.05. The van der Waals surface area contributed by atoms with Gasteiger partial charge in [0.15, 0.2) is 17.7 Å². The van der Waals surface area contributed by atoms with Gasteiger partial charge in [0.1, 0.15) is 0 Å². The first-order valence-corrected chi connectivity index (χ1v) is 9.34. The van der Waals surface area contributed by atoms with Crippen LogP contribution in [0, 0.1) is 11.6 Å². The van der Waals surface area contributed by atoms with E-state index in [9.17, 15) is 18.4 Å². The van der Waals surface area contributed by atoms with Gasteiger partial charge in [0.05, 0.1) is 24.4 Å². The van der Waals surface area contributed by atoms with Crippen LogP contribution in [-0.4, -0.2) is 36.7 Å². The highest BCUT2D eigenvalue weighted by molar-refractivity contribution is 6.01. The third kappa shape index (κ3) is 5.76. The van der Waals surface area contributed by atoms with Crippen molar-refractivity contribution in [1.29, 1.82) is 0 Å². The minimum Gasteiger partial charge on any atom is -0.467 e. The topological polar surface area (TPSA) is 90.7 Å². The normalized spacial score (nSPS) is 13.4. The first-order chi connectivity index (χ1) is 13.9. The molecule has 30 heavy (non-hydrogen) atoms. The molecular formula is C22H26F2N2O4. The van der Waals surface area contributed by atoms with Crippen LogP contribution in [-0.2, 0) is 14.3 Å². The van der Waals surface area contributed by atoms with Gasteiger partial charge in [-0.05, 0) is 63.1 Å². The fourth-order valence-electron chi connectivity index (χ4n) is 2.96. The molecule has 162 valence electrons. The first-order valence-electron chi connectivity index (χ1n) is 9.34. The number of benzene rings is 2. The third-order valence-electron chi connectivity index (χ3n) is 4.30. The van der Waals surface area contributed by atoms with E-state index in [-0.39, 0.29) is 11.3 Å². The summed E-state index contributed by atoms with van der Waals surface area (Å²) in [5.41, 5.74) is 6.63. The number of methoxy groups -OCH3 is 1. The van der Waals surface area contributed by atoms with Crippen LogP contribution in [0.5, 0.6) is 0 Å². The SMILES string of the molecule is COC(=O)[C@@H](NC(=O)c1ccc(-c2ccc(F)c(F)c2)cc1N)C(C)OC(C)(C)C. The van der Waals surface area contributed by atoms with E-state index in [0.717, 1.165) is 12.1 Å². The van der Waals surface area contributed by atoms with Crippen LogP contribution in [0.15, 0.2) is 36.4 Å². The summed E-state index contributed by atoms with van der Waals surface area (Å²) in [4.78, 5) is 24.9. The number of carbonyl (C=O) groups is 2. The number of nitrogens with two attached hydrogens (primary N) is 1. The molecule has 0 aromatic heterocycles. The van der Waals surface area contributed by atoms with Crippen molar-refractivity contribution in [2.45, 2.75) is 45.4 Å². The van der Waals surface area contributed by atoms with Gasteiger partial charge >= 0.3 is 5.97 Å². The smallest absolute Gasteiger partial charge is 0.331 e. The maximum Gasteiger partial charge on any atom is 0.331 e. The highest BCUT2D eigenvalue weighted by Crippen LogP contribution is 2.26. The molecule has 0 saturated heterocycles. The summed E-state index contributed by atoms with van der Waals surface area (Å²) in [7, 11) is 1.22. The summed E-state index contributed by atoms with van der Waals surface area (Å²) in [6, 6.07) is 6.90. The average Bonchev–Trinajstić information content (AvgIpc) is 2.65. The number of hydrogen-bond donors (Lipinski definition) is 2. The Kier molecular flexibility index (Phi) is 7.15. The van der Waals surface area contributed by atoms with Crippen molar-refractivity contribution in [3.05, 3.63) is 53.6 Å². The molecule has 0 saturated carbocycles. The molecule has 2 rings (SSSR count). The monoisotopic (exact) mass is 420 g/mol. The quantitative estimate of drug-likeness (QED) is 0.550. The van der Waals surface area contributed by atoms with Gasteiger partial charge in [-0.1, -0.05) is 12.1 Å². The predicted octanol–water partition coefficient (Wildman–Crippen LogP) is 3.69. The van der Waals surface area contributed by atoms with Crippen molar-refractivity contribution in [2.24, 2.45) is 0 Å². The number of ether oxygens (including phenoxy) is 2. The number of rotatable bonds is 6. The molecule has 1 unspecified atom stereocenters. The molecule has 3 N–H and O–H groups in total. The Hall–Kier alpha value is -3.00. The number of hydrogen-bond acceptors (Lipinski definition) is 5. The number of nitrogens with one attached hydrogen (secondary N) is 1. The summed E-state index contributed by atoms with van der Waals surface area (Å²) >= 11 is 0. The fourth-order valence-corrected chi connectivity index (χ4v) is 2.96. The lowest BCUT2D eigenvalue weighted by Gasteiger charge is -2.30. The van der Waals surface area contributed by atoms with Gasteiger partial charge in [0, 0.05) is 5.69 Å². The highest BCUT2D eigenvalue weighted by atomic mass is 19.2. The van der Waals surface area contributed by atoms with E-state index in [1.165, 1.54) is 25.3 Å². The van der Waals surface area contributed by atoms with E-state index in [4.69, 9.17) is 15.2 Å². The van der Waals surface area contributed by atoms with Crippen molar-refractivity contribution >= 4 is 17.6 Å². The Balaban J connectivity index is 2.26. The van der Waals surface area contributed by atoms with E-state index in [1.807, 2.05) is 20.8 Å². The molecule has 2 atom stereocenters. The number of halogens is 2. The molecule has 0 bridgehead atoms. The molecule has 0 aliphatic carbocycles. The van der Waals surface area contributed by atoms with E-state index >= 15 is 0 Å². The van der Waals surface area contributed by atoms with E-state index in [2.05, 4.69) is 5.32 Å². The zero-order valence-corrected chi connectivity index (χ0v) is 17.6. The maximum atomic E-state index is 13.5. The zero-order valence-electron chi connectivity index (χ0n) is 17.6. The van der Waals surface area contributed by atoms with Crippen LogP contribution < -0.4 is 11.1 Å². The van der Waals surface area contributed by atoms with Gasteiger partial charge in [-0.3, -0.25) is 4.79 Å². The van der Waals surface area contributed by atoms with Crippen molar-refractivity contribution in [1.82, 2.24) is 5.32 Å². The number of anilines is 1. The maximum absolute atomic E-state index is 13.5. The van der Waals surface area contributed by atoms with Crippen molar-refractivity contribution in [2.75, 3.05) is 12.8 Å². The summed E-state index contributed by atoms with van der Waals surface area (Å²) < 4.78 is 37.2. The molecule has 0 aliphatic heterocycles. The summed E-state index contributed by atoms with van der Waals surface area (Å²) in [6.45, 7) is 7.14. The average molecular weight is 420 g/mol. The van der Waals surface area contributed by atoms with E-state index < -0.39 is 41.3 Å². The molecular weight excluding hydrogens is 394 g/mol. The Morgan fingerprint density at radius 1 is 1.03 bits per heavy atom. The summed E-state index contributed by atoms with van der Waals surface area (Å²) in [6.07, 6.45) is -0.663. The number of carbonyl (C=O) groups excluding carboxylic acids is 2. The van der Waals surface area contributed by atoms with Gasteiger partial charge in [-0.25, -0.2) is 13.6 Å². The number of esters is 1. The number of nitrogen functional groups attached to an aromatic ring is 1. The third-order valence-corrected chi connectivity index (χ3v) is 4.30. The highest BCUT2D eigenvalue weighted by Gasteiger charge is 2.32. The van der Waals surface area contributed by atoms with Gasteiger partial charge < -0.3 is 20.5 Å². The van der Waals surface area contributed by atoms with Crippen LogP contribution in [0.4, 0.5) is 14.5 Å². The standard InChI is InChI=1S/C22H26F2N2O4/c1-12(30-22(2,3)4)19(21(28)29-5)26-20(27)15-8-6-14(11-18(15)25)13-7-9-16(23)17(24)10-13/h6-12,19H,25H2,1-5H3,(H,26,27)/t12?,19-/m0/s1. The molecule has 8 heteroatoms. The molecule has 1 amide bonds. The van der Waals surface area contributed by atoms with Gasteiger partial charge in [0.2, 0.25) is 0 Å². The fraction of sp³-hybridized carbons (Fsp3) is 0.364. The Bertz CT molecular complexity index is 941. The molecule has 6 nitrogen and oxygen atoms in total. The molecule has 2 aromatic rings. The largest absolute Gasteiger partial charge is 0.467 e. The predicted molar refractivity (Wildman–Crippen MR) is 110 cm³/mol. The Labute approximate surface area is 174 Å². The second kappa shape index (κ2) is 9.21. The van der Waals surface area contributed by atoms with Crippen molar-refractivity contribution in [3.63, 3.8) is 0 Å². The first kappa shape index (κ1) is 23.3. The molecule has 0 spiro atoms. The Morgan fingerprint density at radius 2 is 1.63 bits per heavy atom. The van der Waals surface area contributed by atoms with Crippen LogP contribution in [0.2, 0.25) is 0 Å². The van der Waals surface area contributed by atoms with Crippen LogP contribution in [0.1, 0.15) is 38.1 Å². The van der Waals surface area contributed by atoms with Gasteiger partial charge in [-0.2, -0.15) is 0 Å². The Morgan fingerprint density at radius 3 is 2.17 bits per heavy atom. The molecule has 0 fully saturated rings. The lowest BCUT2D eigenvalue weighted by molar-refractivity contribution is -0.150. The van der Waals surface area contributed by atoms with Crippen molar-refractivity contribution in [3.8, 4) is 11.1 Å². The lowest BCUT2D eigenvalue weighted by atomic mass is 10.0. The van der Waals surface area contributed by atoms with Crippen molar-refractivity contribution < 1.29 is 27.8 Å². The molecule has 0 aliphatic rings. The second-order valence-electron chi connectivity index (χ2n) is 7.84. The molecule has 0 heterocycles. The second-order valence-corrected chi connectivity index (χ2v) is 7.84. The number of amides is 1. The minimum absolute atomic E-state index is 0.114. The van der Waals surface area contributed by atoms with Crippen LogP contribution in [0.25, 0.3) is 11.1 Å². The summed E-state index contributed by atoms with van der Waals surface area (Å²) in [5.74, 6) is -3.19. The van der Waals surface area contributed by atoms with Gasteiger partial charge in [0.25, 0.3) is 5.91 Å². The van der Waals surface area contributed by atoms with Gasteiger partial charge in [-0.15, -0.1) is 0 Å². The van der Waals surface area contributed by atoms with Crippen LogP contribution in [0.3, 0.4) is 0 Å². The molecule has 2 aromatic carbocycles.